The fraction of sp³-hybridized carbons (Fsp3) is 0.727. The van der Waals surface area contributed by atoms with Crippen LogP contribution in [0.5, 0.6) is 5.75 Å². The first-order valence-corrected chi connectivity index (χ1v) is 12.4. The third-order valence-electron chi connectivity index (χ3n) is 6.40. The molecule has 0 N–H and O–H groups in total. The van der Waals surface area contributed by atoms with Gasteiger partial charge in [-0.05, 0) is 67.6 Å². The van der Waals surface area contributed by atoms with Gasteiger partial charge >= 0.3 is 8.80 Å². The molecule has 0 heterocycles. The van der Waals surface area contributed by atoms with Gasteiger partial charge in [-0.1, -0.05) is 32.4 Å². The summed E-state index contributed by atoms with van der Waals surface area (Å²) in [6.07, 6.45) is 7.57. The quantitative estimate of drug-likeness (QED) is 0.359. The first kappa shape index (κ1) is 22.4. The molecule has 0 bridgehead atoms. The molecule has 154 valence electrons. The summed E-state index contributed by atoms with van der Waals surface area (Å²) in [5.74, 6) is 3.45. The third-order valence-corrected chi connectivity index (χ3v) is 9.23. The van der Waals surface area contributed by atoms with Crippen molar-refractivity contribution < 1.29 is 18.0 Å². The lowest BCUT2D eigenvalue weighted by Crippen LogP contribution is -2.42. The minimum absolute atomic E-state index is 0.643. The highest BCUT2D eigenvalue weighted by Crippen LogP contribution is 2.39. The normalized spacial score (nSPS) is 21.8. The van der Waals surface area contributed by atoms with E-state index in [1.165, 1.54) is 37.7 Å². The van der Waals surface area contributed by atoms with E-state index in [0.29, 0.717) is 6.61 Å². The zero-order chi connectivity index (χ0) is 19.7. The molecule has 0 amide bonds. The lowest BCUT2D eigenvalue weighted by molar-refractivity contribution is 0.121. The van der Waals surface area contributed by atoms with Crippen LogP contribution >= 0.6 is 0 Å². The van der Waals surface area contributed by atoms with Crippen LogP contribution in [-0.2, 0) is 13.3 Å². The van der Waals surface area contributed by atoms with Gasteiger partial charge in [0, 0.05) is 27.4 Å². The summed E-state index contributed by atoms with van der Waals surface area (Å²) in [7, 11) is 2.46. The number of benzene rings is 1. The van der Waals surface area contributed by atoms with Crippen molar-refractivity contribution in [1.82, 2.24) is 0 Å². The fourth-order valence-corrected chi connectivity index (χ4v) is 5.92. The molecule has 0 spiro atoms. The van der Waals surface area contributed by atoms with Crippen LogP contribution in [0.1, 0.15) is 63.9 Å². The van der Waals surface area contributed by atoms with Crippen molar-refractivity contribution in [2.24, 2.45) is 11.8 Å². The van der Waals surface area contributed by atoms with Gasteiger partial charge in [-0.2, -0.15) is 0 Å². The molecule has 0 aliphatic heterocycles. The average Bonchev–Trinajstić information content (AvgIpc) is 2.74. The van der Waals surface area contributed by atoms with Gasteiger partial charge in [-0.15, -0.1) is 0 Å². The standard InChI is InChI=1S/C22H38O4Si/c1-6-18(2)19-8-10-20(11-9-19)21-12-14-22(15-13-21)26-16-7-17-27(23-3,24-4)25-5/h12-15,18-20H,6-11,16-17H2,1-5H3. The van der Waals surface area contributed by atoms with Gasteiger partial charge in [-0.25, -0.2) is 0 Å². The Morgan fingerprint density at radius 3 is 2.07 bits per heavy atom. The van der Waals surface area contributed by atoms with Gasteiger partial charge in [0.15, 0.2) is 0 Å². The molecule has 0 saturated heterocycles. The molecule has 5 heteroatoms. The Hall–Kier alpha value is -0.883. The molecule has 1 aromatic rings. The lowest BCUT2D eigenvalue weighted by atomic mass is 9.74. The minimum Gasteiger partial charge on any atom is -0.494 e. The van der Waals surface area contributed by atoms with Crippen LogP contribution in [0.2, 0.25) is 6.04 Å². The minimum atomic E-state index is -2.48. The molecule has 1 fully saturated rings. The van der Waals surface area contributed by atoms with Gasteiger partial charge in [0.1, 0.15) is 5.75 Å². The van der Waals surface area contributed by atoms with Crippen molar-refractivity contribution >= 4 is 8.80 Å². The van der Waals surface area contributed by atoms with E-state index < -0.39 is 8.80 Å². The smallest absolute Gasteiger partial charge is 0.494 e. The van der Waals surface area contributed by atoms with E-state index in [9.17, 15) is 0 Å². The Morgan fingerprint density at radius 1 is 0.963 bits per heavy atom. The summed E-state index contributed by atoms with van der Waals surface area (Å²) < 4.78 is 22.2. The van der Waals surface area contributed by atoms with Crippen molar-refractivity contribution in [3.8, 4) is 5.75 Å². The monoisotopic (exact) mass is 394 g/mol. The second-order valence-corrected chi connectivity index (χ2v) is 10.9. The van der Waals surface area contributed by atoms with E-state index in [1.54, 1.807) is 21.3 Å². The summed E-state index contributed by atoms with van der Waals surface area (Å²) in [6.45, 7) is 5.37. The van der Waals surface area contributed by atoms with Crippen LogP contribution < -0.4 is 4.74 Å². The summed E-state index contributed by atoms with van der Waals surface area (Å²) in [5.41, 5.74) is 1.47. The van der Waals surface area contributed by atoms with Crippen molar-refractivity contribution in [3.05, 3.63) is 29.8 Å². The zero-order valence-electron chi connectivity index (χ0n) is 17.8. The third kappa shape index (κ3) is 6.31. The highest BCUT2D eigenvalue weighted by atomic mass is 28.4. The van der Waals surface area contributed by atoms with Crippen LogP contribution in [0.4, 0.5) is 0 Å². The first-order valence-electron chi connectivity index (χ1n) is 10.5. The first-order chi connectivity index (χ1) is 13.1. The summed E-state index contributed by atoms with van der Waals surface area (Å²) in [4.78, 5) is 0. The molecule has 1 saturated carbocycles. The molecule has 1 unspecified atom stereocenters. The van der Waals surface area contributed by atoms with Gasteiger partial charge in [0.05, 0.1) is 6.61 Å². The molecule has 0 aromatic heterocycles. The second-order valence-electron chi connectivity index (χ2n) is 7.81. The lowest BCUT2D eigenvalue weighted by Gasteiger charge is -2.32. The van der Waals surface area contributed by atoms with Crippen LogP contribution in [0, 0.1) is 11.8 Å². The maximum atomic E-state index is 5.90. The average molecular weight is 395 g/mol. The van der Waals surface area contributed by atoms with E-state index in [2.05, 4.69) is 38.1 Å². The molecular weight excluding hydrogens is 356 g/mol. The molecule has 1 aromatic carbocycles. The number of ether oxygens (including phenoxy) is 1. The van der Waals surface area contributed by atoms with Gasteiger partial charge in [-0.3, -0.25) is 0 Å². The van der Waals surface area contributed by atoms with E-state index in [-0.39, 0.29) is 0 Å². The highest BCUT2D eigenvalue weighted by Gasteiger charge is 2.36. The summed E-state index contributed by atoms with van der Waals surface area (Å²) >= 11 is 0. The Kier molecular flexibility index (Phi) is 9.29. The molecule has 1 atom stereocenters. The Labute approximate surface area is 166 Å². The SMILES string of the molecule is CCC(C)C1CCC(c2ccc(OCCC[Si](OC)(OC)OC)cc2)CC1. The maximum absolute atomic E-state index is 5.90. The number of rotatable bonds is 11. The molecule has 2 rings (SSSR count). The van der Waals surface area contributed by atoms with Gasteiger partial charge in [0.25, 0.3) is 0 Å². The second kappa shape index (κ2) is 11.2. The maximum Gasteiger partial charge on any atom is 0.500 e. The number of hydrogen-bond donors (Lipinski definition) is 0. The summed E-state index contributed by atoms with van der Waals surface area (Å²) in [5, 5.41) is 0. The summed E-state index contributed by atoms with van der Waals surface area (Å²) in [6, 6.07) is 9.49. The van der Waals surface area contributed by atoms with E-state index >= 15 is 0 Å². The topological polar surface area (TPSA) is 36.9 Å². The van der Waals surface area contributed by atoms with Crippen LogP contribution in [0.3, 0.4) is 0 Å². The molecule has 1 aliphatic rings. The van der Waals surface area contributed by atoms with Crippen LogP contribution in [0.25, 0.3) is 0 Å². The van der Waals surface area contributed by atoms with E-state index in [1.807, 2.05) is 0 Å². The molecule has 0 radical (unpaired) electrons. The van der Waals surface area contributed by atoms with Crippen molar-refractivity contribution in [2.75, 3.05) is 27.9 Å². The Bertz CT molecular complexity index is 513. The predicted octanol–water partition coefficient (Wildman–Crippen LogP) is 5.65. The van der Waals surface area contributed by atoms with E-state index in [0.717, 1.165) is 36.0 Å². The largest absolute Gasteiger partial charge is 0.500 e. The number of hydrogen-bond acceptors (Lipinski definition) is 4. The van der Waals surface area contributed by atoms with E-state index in [4.69, 9.17) is 18.0 Å². The van der Waals surface area contributed by atoms with Crippen LogP contribution in [0.15, 0.2) is 24.3 Å². The predicted molar refractivity (Wildman–Crippen MR) is 112 cm³/mol. The fourth-order valence-electron chi connectivity index (χ4n) is 4.23. The Morgan fingerprint density at radius 2 is 1.56 bits per heavy atom. The van der Waals surface area contributed by atoms with Crippen molar-refractivity contribution in [2.45, 2.75) is 64.3 Å². The molecule has 27 heavy (non-hydrogen) atoms. The van der Waals surface area contributed by atoms with Crippen molar-refractivity contribution in [3.63, 3.8) is 0 Å². The van der Waals surface area contributed by atoms with Gasteiger partial charge in [0.2, 0.25) is 0 Å². The molecule has 1 aliphatic carbocycles. The van der Waals surface area contributed by atoms with Crippen molar-refractivity contribution in [1.29, 1.82) is 0 Å². The molecular formula is C22H38O4Si. The molecule has 4 nitrogen and oxygen atoms in total. The van der Waals surface area contributed by atoms with Gasteiger partial charge < -0.3 is 18.0 Å². The van der Waals surface area contributed by atoms with Crippen LogP contribution in [-0.4, -0.2) is 36.7 Å². The Balaban J connectivity index is 1.76. The zero-order valence-corrected chi connectivity index (χ0v) is 18.8. The highest BCUT2D eigenvalue weighted by molar-refractivity contribution is 6.60.